The van der Waals surface area contributed by atoms with Crippen LogP contribution in [0.2, 0.25) is 0 Å². The van der Waals surface area contributed by atoms with Crippen molar-refractivity contribution in [2.75, 3.05) is 13.7 Å². The summed E-state index contributed by atoms with van der Waals surface area (Å²) in [6, 6.07) is 16.9. The molecule has 0 aliphatic heterocycles. The molecule has 4 nitrogen and oxygen atoms in total. The predicted molar refractivity (Wildman–Crippen MR) is 104 cm³/mol. The molecule has 2 aromatic rings. The van der Waals surface area contributed by atoms with Crippen molar-refractivity contribution >= 4 is 0 Å². The lowest BCUT2D eigenvalue weighted by atomic mass is 9.75. The Bertz CT molecular complexity index is 875. The molecule has 0 aromatic heterocycles. The van der Waals surface area contributed by atoms with Gasteiger partial charge in [-0.3, -0.25) is 0 Å². The molecular formula is C23H24N2O2. The van der Waals surface area contributed by atoms with Crippen LogP contribution in [-0.4, -0.2) is 13.7 Å². The molecule has 2 aromatic carbocycles. The highest BCUT2D eigenvalue weighted by Gasteiger charge is 2.34. The van der Waals surface area contributed by atoms with Crippen LogP contribution in [0.15, 0.2) is 36.4 Å². The van der Waals surface area contributed by atoms with Crippen LogP contribution in [0.5, 0.6) is 11.5 Å². The van der Waals surface area contributed by atoms with Gasteiger partial charge in [0.05, 0.1) is 37.7 Å². The first kappa shape index (κ1) is 18.8. The normalized spacial score (nSPS) is 18.1. The van der Waals surface area contributed by atoms with Crippen molar-refractivity contribution in [1.82, 2.24) is 0 Å². The fraction of sp³-hybridized carbons (Fsp3) is 0.391. The highest BCUT2D eigenvalue weighted by Crippen LogP contribution is 2.44. The SMILES string of the molecule is COc1ccc(OCCCc2ccc(C)cc2)c2c1CCC(C#N)C2C#N. The second kappa shape index (κ2) is 8.60. The first-order chi connectivity index (χ1) is 13.2. The van der Waals surface area contributed by atoms with Crippen LogP contribution in [0.4, 0.5) is 0 Å². The Balaban J connectivity index is 1.75. The third kappa shape index (κ3) is 4.07. The van der Waals surface area contributed by atoms with Gasteiger partial charge < -0.3 is 9.47 Å². The lowest BCUT2D eigenvalue weighted by Crippen LogP contribution is -2.20. The molecule has 4 heteroatoms. The molecule has 0 fully saturated rings. The van der Waals surface area contributed by atoms with Crippen LogP contribution in [0.25, 0.3) is 0 Å². The van der Waals surface area contributed by atoms with Crippen LogP contribution in [0, 0.1) is 35.5 Å². The predicted octanol–water partition coefficient (Wildman–Crippen LogP) is 4.71. The van der Waals surface area contributed by atoms with E-state index in [1.54, 1.807) is 7.11 Å². The van der Waals surface area contributed by atoms with Gasteiger partial charge in [0.15, 0.2) is 0 Å². The number of benzene rings is 2. The quantitative estimate of drug-likeness (QED) is 0.700. The first-order valence-corrected chi connectivity index (χ1v) is 9.35. The van der Waals surface area contributed by atoms with Crippen LogP contribution in [0.1, 0.15) is 41.0 Å². The standard InChI is InChI=1S/C23H24N2O2/c1-16-5-7-17(8-6-16)4-3-13-27-22-12-11-21(26-2)19-10-9-18(14-24)20(15-25)23(19)22/h5-8,11-12,18,20H,3-4,9-10,13H2,1-2H3. The maximum absolute atomic E-state index is 9.67. The summed E-state index contributed by atoms with van der Waals surface area (Å²) in [6.45, 7) is 2.65. The molecule has 0 saturated heterocycles. The van der Waals surface area contributed by atoms with Crippen LogP contribution in [-0.2, 0) is 12.8 Å². The molecule has 0 bridgehead atoms. The van der Waals surface area contributed by atoms with Gasteiger partial charge in [0.2, 0.25) is 0 Å². The lowest BCUT2D eigenvalue weighted by Gasteiger charge is -2.28. The fourth-order valence-electron chi connectivity index (χ4n) is 3.71. The van der Waals surface area contributed by atoms with Crippen LogP contribution in [0.3, 0.4) is 0 Å². The largest absolute Gasteiger partial charge is 0.496 e. The monoisotopic (exact) mass is 360 g/mol. The molecule has 1 aliphatic carbocycles. The number of aryl methyl sites for hydroxylation is 2. The molecule has 2 unspecified atom stereocenters. The Morgan fingerprint density at radius 1 is 1.04 bits per heavy atom. The van der Waals surface area contributed by atoms with E-state index >= 15 is 0 Å². The highest BCUT2D eigenvalue weighted by molar-refractivity contribution is 5.54. The lowest BCUT2D eigenvalue weighted by molar-refractivity contribution is 0.301. The second-order valence-corrected chi connectivity index (χ2v) is 6.98. The number of nitriles is 2. The van der Waals surface area contributed by atoms with E-state index in [0.29, 0.717) is 18.8 Å². The zero-order valence-corrected chi connectivity index (χ0v) is 15.9. The van der Waals surface area contributed by atoms with Gasteiger partial charge in [-0.1, -0.05) is 29.8 Å². The zero-order chi connectivity index (χ0) is 19.2. The van der Waals surface area contributed by atoms with Gasteiger partial charge in [-0.05, 0) is 50.3 Å². The third-order valence-corrected chi connectivity index (χ3v) is 5.21. The smallest absolute Gasteiger partial charge is 0.124 e. The minimum Gasteiger partial charge on any atom is -0.496 e. The van der Waals surface area contributed by atoms with Crippen LogP contribution < -0.4 is 9.47 Å². The number of nitrogens with zero attached hydrogens (tertiary/aromatic N) is 2. The molecule has 3 rings (SSSR count). The van der Waals surface area contributed by atoms with E-state index < -0.39 is 5.92 Å². The van der Waals surface area contributed by atoms with Gasteiger partial charge in [-0.15, -0.1) is 0 Å². The summed E-state index contributed by atoms with van der Waals surface area (Å²) in [5.74, 6) is 0.709. The van der Waals surface area contributed by atoms with Gasteiger partial charge in [0.25, 0.3) is 0 Å². The molecular weight excluding hydrogens is 336 g/mol. The van der Waals surface area contributed by atoms with Crippen molar-refractivity contribution in [1.29, 1.82) is 10.5 Å². The maximum Gasteiger partial charge on any atom is 0.124 e. The number of methoxy groups -OCH3 is 1. The van der Waals surface area contributed by atoms with Crippen molar-refractivity contribution in [3.8, 4) is 23.6 Å². The zero-order valence-electron chi connectivity index (χ0n) is 15.9. The molecule has 2 atom stereocenters. The molecule has 0 N–H and O–H groups in total. The molecule has 0 saturated carbocycles. The van der Waals surface area contributed by atoms with E-state index in [1.807, 2.05) is 12.1 Å². The summed E-state index contributed by atoms with van der Waals surface area (Å²) >= 11 is 0. The maximum atomic E-state index is 9.67. The summed E-state index contributed by atoms with van der Waals surface area (Å²) in [5, 5.41) is 19.1. The summed E-state index contributed by atoms with van der Waals surface area (Å²) in [6.07, 6.45) is 3.24. The van der Waals surface area contributed by atoms with Gasteiger partial charge in [-0.2, -0.15) is 10.5 Å². The van der Waals surface area contributed by atoms with E-state index in [-0.39, 0.29) is 5.92 Å². The summed E-state index contributed by atoms with van der Waals surface area (Å²) in [4.78, 5) is 0. The molecule has 1 aliphatic rings. The van der Waals surface area contributed by atoms with Gasteiger partial charge in [-0.25, -0.2) is 0 Å². The second-order valence-electron chi connectivity index (χ2n) is 6.98. The molecule has 27 heavy (non-hydrogen) atoms. The Morgan fingerprint density at radius 2 is 1.78 bits per heavy atom. The van der Waals surface area contributed by atoms with Gasteiger partial charge in [0, 0.05) is 11.1 Å². The van der Waals surface area contributed by atoms with E-state index in [0.717, 1.165) is 36.1 Å². The van der Waals surface area contributed by atoms with Crippen molar-refractivity contribution in [2.45, 2.75) is 38.5 Å². The molecule has 0 amide bonds. The molecule has 0 heterocycles. The van der Waals surface area contributed by atoms with E-state index in [9.17, 15) is 10.5 Å². The average molecular weight is 360 g/mol. The number of rotatable bonds is 6. The summed E-state index contributed by atoms with van der Waals surface area (Å²) in [5.41, 5.74) is 4.39. The van der Waals surface area contributed by atoms with Crippen molar-refractivity contribution in [3.63, 3.8) is 0 Å². The third-order valence-electron chi connectivity index (χ3n) is 5.21. The van der Waals surface area contributed by atoms with E-state index in [4.69, 9.17) is 9.47 Å². The Morgan fingerprint density at radius 3 is 2.44 bits per heavy atom. The Hall–Kier alpha value is -2.98. The number of ether oxygens (including phenoxy) is 2. The van der Waals surface area contributed by atoms with Crippen molar-refractivity contribution < 1.29 is 9.47 Å². The fourth-order valence-corrected chi connectivity index (χ4v) is 3.71. The molecule has 0 radical (unpaired) electrons. The topological polar surface area (TPSA) is 66.0 Å². The highest BCUT2D eigenvalue weighted by atomic mass is 16.5. The average Bonchev–Trinajstić information content (AvgIpc) is 2.71. The Kier molecular flexibility index (Phi) is 5.99. The number of fused-ring (bicyclic) bond motifs is 1. The van der Waals surface area contributed by atoms with Crippen molar-refractivity contribution in [3.05, 3.63) is 58.7 Å². The summed E-state index contributed by atoms with van der Waals surface area (Å²) < 4.78 is 11.5. The summed E-state index contributed by atoms with van der Waals surface area (Å²) in [7, 11) is 1.63. The minimum atomic E-state index is -0.471. The number of hydrogen-bond acceptors (Lipinski definition) is 4. The van der Waals surface area contributed by atoms with E-state index in [2.05, 4.69) is 43.3 Å². The van der Waals surface area contributed by atoms with Gasteiger partial charge in [0.1, 0.15) is 11.5 Å². The van der Waals surface area contributed by atoms with E-state index in [1.165, 1.54) is 11.1 Å². The van der Waals surface area contributed by atoms with Crippen LogP contribution >= 0.6 is 0 Å². The first-order valence-electron chi connectivity index (χ1n) is 9.35. The number of hydrogen-bond donors (Lipinski definition) is 0. The molecule has 138 valence electrons. The van der Waals surface area contributed by atoms with Gasteiger partial charge >= 0.3 is 0 Å². The Labute approximate surface area is 161 Å². The molecule has 0 spiro atoms. The minimum absolute atomic E-state index is 0.301. The van der Waals surface area contributed by atoms with Crippen molar-refractivity contribution in [2.24, 2.45) is 5.92 Å².